The number of H-pyrrole nitrogens is 1. The Kier molecular flexibility index (Phi) is 5.02. The summed E-state index contributed by atoms with van der Waals surface area (Å²) in [6.45, 7) is 0. The van der Waals surface area contributed by atoms with Gasteiger partial charge in [-0.2, -0.15) is 5.10 Å². The lowest BCUT2D eigenvalue weighted by molar-refractivity contribution is 0.0934. The number of aliphatic hydroxyl groups excluding tert-OH is 1. The highest BCUT2D eigenvalue weighted by molar-refractivity contribution is 6.35. The molecule has 28 heavy (non-hydrogen) atoms. The molecule has 0 radical (unpaired) electrons. The summed E-state index contributed by atoms with van der Waals surface area (Å²) in [5.41, 5.74) is 4.21. The summed E-state index contributed by atoms with van der Waals surface area (Å²) >= 11 is 12.4. The molecule has 0 bridgehead atoms. The van der Waals surface area contributed by atoms with Crippen molar-refractivity contribution in [3.05, 3.63) is 70.0 Å². The fourth-order valence-corrected chi connectivity index (χ4v) is 4.18. The number of nitrogens with zero attached hydrogens (tertiary/aromatic N) is 2. The molecular weight excluding hydrogens is 399 g/mol. The van der Waals surface area contributed by atoms with E-state index in [4.69, 9.17) is 23.2 Å². The third-order valence-corrected chi connectivity index (χ3v) is 5.55. The number of urea groups is 1. The van der Waals surface area contributed by atoms with E-state index in [9.17, 15) is 9.90 Å². The zero-order valence-corrected chi connectivity index (χ0v) is 16.5. The third kappa shape index (κ3) is 3.46. The number of aromatic nitrogens is 2. The molecule has 2 unspecified atom stereocenters. The Balaban J connectivity index is 1.51. The van der Waals surface area contributed by atoms with Crippen LogP contribution in [0.25, 0.3) is 11.1 Å². The summed E-state index contributed by atoms with van der Waals surface area (Å²) in [5, 5.41) is 21.1. The zero-order chi connectivity index (χ0) is 19.8. The molecule has 2 amide bonds. The van der Waals surface area contributed by atoms with Crippen molar-refractivity contribution in [2.45, 2.75) is 18.6 Å². The van der Waals surface area contributed by atoms with Crippen LogP contribution in [0.4, 0.5) is 10.5 Å². The Morgan fingerprint density at radius 2 is 2.00 bits per heavy atom. The van der Waals surface area contributed by atoms with Crippen molar-refractivity contribution in [1.29, 1.82) is 0 Å². The molecule has 0 aliphatic heterocycles. The van der Waals surface area contributed by atoms with Crippen molar-refractivity contribution in [3.8, 4) is 11.1 Å². The molecule has 144 valence electrons. The van der Waals surface area contributed by atoms with E-state index in [0.29, 0.717) is 22.2 Å². The van der Waals surface area contributed by atoms with Crippen LogP contribution in [0.2, 0.25) is 10.0 Å². The first-order valence-corrected chi connectivity index (χ1v) is 9.48. The van der Waals surface area contributed by atoms with Gasteiger partial charge in [-0.05, 0) is 41.0 Å². The summed E-state index contributed by atoms with van der Waals surface area (Å²) < 4.78 is 0. The molecule has 0 spiro atoms. The van der Waals surface area contributed by atoms with Gasteiger partial charge in [-0.15, -0.1) is 0 Å². The van der Waals surface area contributed by atoms with Crippen LogP contribution < -0.4 is 5.32 Å². The van der Waals surface area contributed by atoms with E-state index in [1.165, 1.54) is 4.90 Å². The number of hydrogen-bond donors (Lipinski definition) is 3. The van der Waals surface area contributed by atoms with E-state index in [0.717, 1.165) is 22.3 Å². The molecule has 0 fully saturated rings. The summed E-state index contributed by atoms with van der Waals surface area (Å²) in [4.78, 5) is 14.2. The Morgan fingerprint density at radius 1 is 1.25 bits per heavy atom. The Labute approximate surface area is 172 Å². The number of benzene rings is 2. The largest absolute Gasteiger partial charge is 0.390 e. The minimum absolute atomic E-state index is 0.330. The SMILES string of the molecule is CN(C(=O)Nc1ccc(-c2cn[nH]c2)cc1)C1c2cc(Cl)cc(Cl)c2CC1O. The molecule has 4 rings (SSSR count). The highest BCUT2D eigenvalue weighted by Crippen LogP contribution is 2.41. The van der Waals surface area contributed by atoms with Gasteiger partial charge in [0.1, 0.15) is 0 Å². The van der Waals surface area contributed by atoms with Gasteiger partial charge in [-0.25, -0.2) is 4.79 Å². The molecule has 0 saturated carbocycles. The zero-order valence-electron chi connectivity index (χ0n) is 15.0. The maximum atomic E-state index is 12.8. The molecule has 8 heteroatoms. The average molecular weight is 417 g/mol. The van der Waals surface area contributed by atoms with Gasteiger partial charge in [0.25, 0.3) is 0 Å². The minimum Gasteiger partial charge on any atom is -0.390 e. The van der Waals surface area contributed by atoms with Gasteiger partial charge in [0.05, 0.1) is 18.3 Å². The van der Waals surface area contributed by atoms with Crippen LogP contribution in [0.3, 0.4) is 0 Å². The van der Waals surface area contributed by atoms with Crippen LogP contribution in [0, 0.1) is 0 Å². The lowest BCUT2D eigenvalue weighted by atomic mass is 10.1. The van der Waals surface area contributed by atoms with Crippen LogP contribution in [0.15, 0.2) is 48.8 Å². The first kappa shape index (κ1) is 18.8. The monoisotopic (exact) mass is 416 g/mol. The summed E-state index contributed by atoms with van der Waals surface area (Å²) in [6.07, 6.45) is 3.17. The molecule has 6 nitrogen and oxygen atoms in total. The van der Waals surface area contributed by atoms with E-state index in [1.54, 1.807) is 31.6 Å². The second kappa shape index (κ2) is 7.47. The van der Waals surface area contributed by atoms with Gasteiger partial charge in [0.15, 0.2) is 0 Å². The third-order valence-electron chi connectivity index (χ3n) is 5.00. The van der Waals surface area contributed by atoms with Crippen molar-refractivity contribution in [1.82, 2.24) is 15.1 Å². The summed E-state index contributed by atoms with van der Waals surface area (Å²) in [5.74, 6) is 0. The highest BCUT2D eigenvalue weighted by Gasteiger charge is 2.37. The van der Waals surface area contributed by atoms with Crippen LogP contribution in [0.1, 0.15) is 17.2 Å². The molecule has 0 saturated heterocycles. The number of carbonyl (C=O) groups is 1. The Hall–Kier alpha value is -2.54. The van der Waals surface area contributed by atoms with Gasteiger partial charge in [0, 0.05) is 41.0 Å². The van der Waals surface area contributed by atoms with E-state index in [-0.39, 0.29) is 6.03 Å². The highest BCUT2D eigenvalue weighted by atomic mass is 35.5. The Morgan fingerprint density at radius 3 is 2.68 bits per heavy atom. The van der Waals surface area contributed by atoms with Crippen molar-refractivity contribution in [3.63, 3.8) is 0 Å². The molecule has 1 aliphatic rings. The molecule has 2 aromatic carbocycles. The number of anilines is 1. The standard InChI is InChI=1S/C20H18Cl2N4O2/c1-26(19-16-6-13(21)7-17(22)15(16)8-18(19)27)20(28)25-14-4-2-11(3-5-14)12-9-23-24-10-12/h2-7,9-10,18-19,27H,8H2,1H3,(H,23,24)(H,25,28). The lowest BCUT2D eigenvalue weighted by Crippen LogP contribution is -2.38. The number of halogens is 2. The number of hydrogen-bond acceptors (Lipinski definition) is 3. The number of amides is 2. The topological polar surface area (TPSA) is 81.2 Å². The molecule has 1 aliphatic carbocycles. The first-order chi connectivity index (χ1) is 13.4. The summed E-state index contributed by atoms with van der Waals surface area (Å²) in [6, 6.07) is 10.0. The quantitative estimate of drug-likeness (QED) is 0.587. The van der Waals surface area contributed by atoms with E-state index in [1.807, 2.05) is 24.3 Å². The number of likely N-dealkylation sites (N-methyl/N-ethyl adjacent to an activating group) is 1. The van der Waals surface area contributed by atoms with Gasteiger partial charge >= 0.3 is 6.03 Å². The normalized spacial score (nSPS) is 18.0. The Bertz CT molecular complexity index is 1010. The van der Waals surface area contributed by atoms with Crippen LogP contribution >= 0.6 is 23.2 Å². The number of rotatable bonds is 3. The lowest BCUT2D eigenvalue weighted by Gasteiger charge is -2.28. The van der Waals surface area contributed by atoms with E-state index in [2.05, 4.69) is 15.5 Å². The second-order valence-electron chi connectivity index (χ2n) is 6.78. The van der Waals surface area contributed by atoms with Gasteiger partial charge < -0.3 is 15.3 Å². The molecular formula is C20H18Cl2N4O2. The average Bonchev–Trinajstić information content (AvgIpc) is 3.30. The van der Waals surface area contributed by atoms with Crippen molar-refractivity contribution >= 4 is 34.9 Å². The first-order valence-electron chi connectivity index (χ1n) is 8.73. The predicted octanol–water partition coefficient (Wildman–Crippen LogP) is 4.51. The van der Waals surface area contributed by atoms with Crippen LogP contribution in [0.5, 0.6) is 0 Å². The number of aromatic amines is 1. The number of carbonyl (C=O) groups excluding carboxylic acids is 1. The van der Waals surface area contributed by atoms with Crippen LogP contribution in [-0.4, -0.2) is 39.4 Å². The smallest absolute Gasteiger partial charge is 0.322 e. The van der Waals surface area contributed by atoms with Gasteiger partial charge in [-0.1, -0.05) is 35.3 Å². The van der Waals surface area contributed by atoms with Crippen molar-refractivity contribution < 1.29 is 9.90 Å². The molecule has 3 aromatic rings. The molecule has 3 N–H and O–H groups in total. The fraction of sp³-hybridized carbons (Fsp3) is 0.200. The maximum absolute atomic E-state index is 12.8. The van der Waals surface area contributed by atoms with Crippen molar-refractivity contribution in [2.24, 2.45) is 0 Å². The molecule has 1 heterocycles. The minimum atomic E-state index is -0.745. The van der Waals surface area contributed by atoms with Crippen LogP contribution in [-0.2, 0) is 6.42 Å². The van der Waals surface area contributed by atoms with E-state index < -0.39 is 12.1 Å². The van der Waals surface area contributed by atoms with Gasteiger partial charge in [0.2, 0.25) is 0 Å². The van der Waals surface area contributed by atoms with Crippen molar-refractivity contribution in [2.75, 3.05) is 12.4 Å². The number of fused-ring (bicyclic) bond motifs is 1. The summed E-state index contributed by atoms with van der Waals surface area (Å²) in [7, 11) is 1.65. The molecule has 1 aromatic heterocycles. The second-order valence-corrected chi connectivity index (χ2v) is 7.62. The number of aliphatic hydroxyl groups is 1. The predicted molar refractivity (Wildman–Crippen MR) is 110 cm³/mol. The fourth-order valence-electron chi connectivity index (χ4n) is 3.59. The van der Waals surface area contributed by atoms with Gasteiger partial charge in [-0.3, -0.25) is 5.10 Å². The molecule has 2 atom stereocenters. The van der Waals surface area contributed by atoms with E-state index >= 15 is 0 Å². The maximum Gasteiger partial charge on any atom is 0.322 e. The number of nitrogens with one attached hydrogen (secondary N) is 2.